The Kier molecular flexibility index (Phi) is 9.22. The lowest BCUT2D eigenvalue weighted by molar-refractivity contribution is -0.142. The molecule has 2 aromatic carbocycles. The number of halogens is 1. The van der Waals surface area contributed by atoms with Crippen molar-refractivity contribution in [3.8, 4) is 11.5 Å². The summed E-state index contributed by atoms with van der Waals surface area (Å²) in [6, 6.07) is 13.0. The third kappa shape index (κ3) is 7.47. The van der Waals surface area contributed by atoms with Crippen molar-refractivity contribution in [1.29, 1.82) is 0 Å². The highest BCUT2D eigenvalue weighted by Crippen LogP contribution is 2.31. The van der Waals surface area contributed by atoms with Crippen molar-refractivity contribution in [1.82, 2.24) is 10.2 Å². The van der Waals surface area contributed by atoms with E-state index in [0.717, 1.165) is 41.5 Å². The topological polar surface area (TPSA) is 67.9 Å². The highest BCUT2D eigenvalue weighted by atomic mass is 79.9. The Morgan fingerprint density at radius 1 is 1.11 bits per heavy atom. The van der Waals surface area contributed by atoms with Gasteiger partial charge in [0.2, 0.25) is 5.91 Å². The predicted octanol–water partition coefficient (Wildman–Crippen LogP) is 5.61. The Hall–Kier alpha value is -2.54. The molecule has 2 amide bonds. The van der Waals surface area contributed by atoms with E-state index in [2.05, 4.69) is 42.0 Å². The van der Waals surface area contributed by atoms with Gasteiger partial charge in [-0.25, -0.2) is 0 Å². The number of ether oxygens (including phenoxy) is 2. The molecule has 0 spiro atoms. The minimum Gasteiger partial charge on any atom is -0.497 e. The fourth-order valence-electron chi connectivity index (χ4n) is 4.21. The Bertz CT molecular complexity index is 1010. The van der Waals surface area contributed by atoms with E-state index in [1.165, 1.54) is 5.56 Å². The molecule has 0 unspecified atom stereocenters. The molecule has 0 aromatic heterocycles. The Morgan fingerprint density at radius 2 is 1.77 bits per heavy atom. The van der Waals surface area contributed by atoms with Crippen molar-refractivity contribution in [3.05, 3.63) is 58.1 Å². The highest BCUT2D eigenvalue weighted by molar-refractivity contribution is 9.10. The number of nitrogens with zero attached hydrogens (tertiary/aromatic N) is 1. The van der Waals surface area contributed by atoms with Crippen LogP contribution < -0.4 is 14.8 Å². The van der Waals surface area contributed by atoms with Crippen molar-refractivity contribution in [2.75, 3.05) is 13.7 Å². The van der Waals surface area contributed by atoms with Crippen molar-refractivity contribution in [2.45, 2.75) is 77.4 Å². The lowest BCUT2D eigenvalue weighted by atomic mass is 9.87. The summed E-state index contributed by atoms with van der Waals surface area (Å²) >= 11 is 3.57. The van der Waals surface area contributed by atoms with Crippen molar-refractivity contribution in [3.63, 3.8) is 0 Å². The molecular formula is C28H37BrN2O4. The maximum Gasteiger partial charge on any atom is 0.261 e. The van der Waals surface area contributed by atoms with Crippen LogP contribution in [0.3, 0.4) is 0 Å². The largest absolute Gasteiger partial charge is 0.497 e. The van der Waals surface area contributed by atoms with Crippen LogP contribution in [0, 0.1) is 0 Å². The monoisotopic (exact) mass is 544 g/mol. The molecule has 0 aliphatic heterocycles. The molecule has 7 heteroatoms. The molecule has 1 saturated carbocycles. The molecule has 0 heterocycles. The fraction of sp³-hybridized carbons (Fsp3) is 0.500. The van der Waals surface area contributed by atoms with Gasteiger partial charge in [-0.15, -0.1) is 0 Å². The Labute approximate surface area is 217 Å². The van der Waals surface area contributed by atoms with Crippen LogP contribution in [0.2, 0.25) is 0 Å². The van der Waals surface area contributed by atoms with Crippen molar-refractivity contribution in [2.24, 2.45) is 0 Å². The van der Waals surface area contributed by atoms with E-state index in [1.54, 1.807) is 18.9 Å². The molecule has 1 aliphatic carbocycles. The summed E-state index contributed by atoms with van der Waals surface area (Å²) in [6.45, 7) is 8.36. The molecule has 2 aromatic rings. The molecule has 0 bridgehead atoms. The zero-order valence-electron chi connectivity index (χ0n) is 21.4. The third-order valence-electron chi connectivity index (χ3n) is 6.53. The maximum atomic E-state index is 13.3. The van der Waals surface area contributed by atoms with Gasteiger partial charge in [0.05, 0.1) is 11.6 Å². The van der Waals surface area contributed by atoms with Gasteiger partial charge in [-0.05, 0) is 76.5 Å². The average Bonchev–Trinajstić information content (AvgIpc) is 3.34. The van der Waals surface area contributed by atoms with Crippen LogP contribution in [-0.2, 0) is 21.5 Å². The molecular weight excluding hydrogens is 508 g/mol. The lowest BCUT2D eigenvalue weighted by Gasteiger charge is -2.30. The van der Waals surface area contributed by atoms with Crippen LogP contribution in [0.25, 0.3) is 0 Å². The molecule has 1 atom stereocenters. The highest BCUT2D eigenvalue weighted by Gasteiger charge is 2.29. The number of benzene rings is 2. The lowest BCUT2D eigenvalue weighted by Crippen LogP contribution is -2.50. The number of rotatable bonds is 9. The zero-order valence-corrected chi connectivity index (χ0v) is 23.0. The molecule has 6 nitrogen and oxygen atoms in total. The second kappa shape index (κ2) is 11.9. The molecule has 1 aliphatic rings. The van der Waals surface area contributed by atoms with E-state index in [9.17, 15) is 9.59 Å². The number of amides is 2. The SMILES string of the molecule is COc1ccc(CN(C(=O)COc2ccc(C(C)(C)C)cc2Br)[C@H](C)C(=O)NC2CCCC2)cc1. The van der Waals surface area contributed by atoms with E-state index in [1.807, 2.05) is 42.5 Å². The van der Waals surface area contributed by atoms with Crippen LogP contribution in [-0.4, -0.2) is 42.5 Å². The van der Waals surface area contributed by atoms with Gasteiger partial charge in [0.15, 0.2) is 6.61 Å². The van der Waals surface area contributed by atoms with E-state index < -0.39 is 6.04 Å². The van der Waals surface area contributed by atoms with Crippen molar-refractivity contribution >= 4 is 27.7 Å². The predicted molar refractivity (Wildman–Crippen MR) is 142 cm³/mol. The second-order valence-corrected chi connectivity index (χ2v) is 11.1. The van der Waals surface area contributed by atoms with Gasteiger partial charge in [0.25, 0.3) is 5.91 Å². The Morgan fingerprint density at radius 3 is 2.34 bits per heavy atom. The van der Waals surface area contributed by atoms with Crippen molar-refractivity contribution < 1.29 is 19.1 Å². The van der Waals surface area contributed by atoms with Gasteiger partial charge in [0, 0.05) is 12.6 Å². The number of nitrogens with one attached hydrogen (secondary N) is 1. The molecule has 3 rings (SSSR count). The van der Waals surface area contributed by atoms with Crippen LogP contribution >= 0.6 is 15.9 Å². The third-order valence-corrected chi connectivity index (χ3v) is 7.15. The maximum absolute atomic E-state index is 13.3. The first-order valence-electron chi connectivity index (χ1n) is 12.2. The molecule has 0 radical (unpaired) electrons. The van der Waals surface area contributed by atoms with Gasteiger partial charge in [0.1, 0.15) is 17.5 Å². The molecule has 0 saturated heterocycles. The quantitative estimate of drug-likeness (QED) is 0.445. The van der Waals surface area contributed by atoms with Crippen LogP contribution in [0.1, 0.15) is 64.5 Å². The normalized spacial score (nSPS) is 14.9. The smallest absolute Gasteiger partial charge is 0.261 e. The summed E-state index contributed by atoms with van der Waals surface area (Å²) in [5, 5.41) is 3.12. The van der Waals surface area contributed by atoms with Gasteiger partial charge in [-0.1, -0.05) is 51.8 Å². The summed E-state index contributed by atoms with van der Waals surface area (Å²) in [4.78, 5) is 28.0. The first kappa shape index (κ1) is 27.1. The van der Waals surface area contributed by atoms with Gasteiger partial charge in [-0.2, -0.15) is 0 Å². The number of hydrogen-bond donors (Lipinski definition) is 1. The molecule has 35 heavy (non-hydrogen) atoms. The van der Waals surface area contributed by atoms with Crippen LogP contribution in [0.4, 0.5) is 0 Å². The van der Waals surface area contributed by atoms with E-state index in [-0.39, 0.29) is 29.9 Å². The van der Waals surface area contributed by atoms with E-state index in [0.29, 0.717) is 12.3 Å². The first-order chi connectivity index (χ1) is 16.6. The summed E-state index contributed by atoms with van der Waals surface area (Å²) in [6.07, 6.45) is 4.24. The summed E-state index contributed by atoms with van der Waals surface area (Å²) in [5.74, 6) is 0.959. The summed E-state index contributed by atoms with van der Waals surface area (Å²) in [7, 11) is 1.61. The summed E-state index contributed by atoms with van der Waals surface area (Å²) in [5.41, 5.74) is 2.09. The standard InChI is InChI=1S/C28H37BrN2O4/c1-19(27(33)30-22-8-6-7-9-22)31(17-20-10-13-23(34-5)14-11-20)26(32)18-35-25-15-12-21(16-24(25)29)28(2,3)4/h10-16,19,22H,6-9,17-18H2,1-5H3,(H,30,33)/t19-/m1/s1. The fourth-order valence-corrected chi connectivity index (χ4v) is 4.70. The average molecular weight is 546 g/mol. The molecule has 1 N–H and O–H groups in total. The molecule has 1 fully saturated rings. The number of carbonyl (C=O) groups excluding carboxylic acids is 2. The molecule has 190 valence electrons. The Balaban J connectivity index is 1.73. The van der Waals surface area contributed by atoms with E-state index >= 15 is 0 Å². The second-order valence-electron chi connectivity index (χ2n) is 10.2. The van der Waals surface area contributed by atoms with Gasteiger partial charge in [-0.3, -0.25) is 9.59 Å². The van der Waals surface area contributed by atoms with Gasteiger partial charge >= 0.3 is 0 Å². The number of carbonyl (C=O) groups is 2. The number of methoxy groups -OCH3 is 1. The first-order valence-corrected chi connectivity index (χ1v) is 13.0. The minimum atomic E-state index is -0.625. The number of hydrogen-bond acceptors (Lipinski definition) is 4. The minimum absolute atomic E-state index is 0.00808. The van der Waals surface area contributed by atoms with E-state index in [4.69, 9.17) is 9.47 Å². The van der Waals surface area contributed by atoms with Crippen LogP contribution in [0.5, 0.6) is 11.5 Å². The zero-order chi connectivity index (χ0) is 25.6. The van der Waals surface area contributed by atoms with Crippen LogP contribution in [0.15, 0.2) is 46.9 Å². The van der Waals surface area contributed by atoms with Gasteiger partial charge < -0.3 is 19.7 Å². The summed E-state index contributed by atoms with van der Waals surface area (Å²) < 4.78 is 11.9.